The van der Waals surface area contributed by atoms with E-state index in [1.165, 1.54) is 42.6 Å². The summed E-state index contributed by atoms with van der Waals surface area (Å²) in [6.07, 6.45) is 3.79. The molecular formula is C16H18N2O3S3. The lowest BCUT2D eigenvalue weighted by Gasteiger charge is -2.13. The van der Waals surface area contributed by atoms with E-state index in [4.69, 9.17) is 0 Å². The van der Waals surface area contributed by atoms with E-state index in [2.05, 4.69) is 10.0 Å². The van der Waals surface area contributed by atoms with Gasteiger partial charge in [0.1, 0.15) is 0 Å². The van der Waals surface area contributed by atoms with E-state index >= 15 is 0 Å². The minimum atomic E-state index is -3.74. The van der Waals surface area contributed by atoms with Crippen LogP contribution in [0.3, 0.4) is 0 Å². The molecular weight excluding hydrogens is 364 g/mol. The van der Waals surface area contributed by atoms with E-state index in [9.17, 15) is 13.2 Å². The first-order valence-electron chi connectivity index (χ1n) is 6.98. The van der Waals surface area contributed by atoms with Crippen molar-refractivity contribution in [3.63, 3.8) is 0 Å². The lowest BCUT2D eigenvalue weighted by molar-refractivity contribution is -0.114. The average Bonchev–Trinajstić information content (AvgIpc) is 2.54. The molecule has 0 spiro atoms. The fraction of sp³-hybridized carbons (Fsp3) is 0.188. The maximum Gasteiger partial charge on any atom is 0.261 e. The predicted molar refractivity (Wildman–Crippen MR) is 102 cm³/mol. The first-order valence-corrected chi connectivity index (χ1v) is 10.9. The molecule has 8 heteroatoms. The molecule has 0 fully saturated rings. The highest BCUT2D eigenvalue weighted by Crippen LogP contribution is 2.29. The zero-order valence-corrected chi connectivity index (χ0v) is 15.9. The summed E-state index contributed by atoms with van der Waals surface area (Å²) in [6, 6.07) is 11.8. The number of hydrogen-bond donors (Lipinski definition) is 2. The number of sulfonamides is 1. The van der Waals surface area contributed by atoms with Crippen LogP contribution in [0.4, 0.5) is 11.4 Å². The zero-order chi connectivity index (χ0) is 17.7. The van der Waals surface area contributed by atoms with Gasteiger partial charge in [0.05, 0.1) is 10.6 Å². The first kappa shape index (κ1) is 18.7. The van der Waals surface area contributed by atoms with E-state index in [-0.39, 0.29) is 10.8 Å². The molecule has 0 unspecified atom stereocenters. The van der Waals surface area contributed by atoms with Gasteiger partial charge in [-0.05, 0) is 48.9 Å². The molecule has 0 radical (unpaired) electrons. The Kier molecular flexibility index (Phi) is 6.20. The van der Waals surface area contributed by atoms with Crippen molar-refractivity contribution >= 4 is 50.8 Å². The molecule has 2 aromatic rings. The summed E-state index contributed by atoms with van der Waals surface area (Å²) >= 11 is 2.97. The van der Waals surface area contributed by atoms with Crippen LogP contribution in [0.1, 0.15) is 6.92 Å². The second-order valence-corrected chi connectivity index (χ2v) is 8.29. The summed E-state index contributed by atoms with van der Waals surface area (Å²) in [7, 11) is -3.74. The Balaban J connectivity index is 2.36. The third-order valence-electron chi connectivity index (χ3n) is 3.11. The van der Waals surface area contributed by atoms with Crippen LogP contribution in [-0.4, -0.2) is 26.8 Å². The second-order valence-electron chi connectivity index (χ2n) is 4.88. The van der Waals surface area contributed by atoms with Gasteiger partial charge in [-0.25, -0.2) is 8.42 Å². The molecule has 1 amide bonds. The number of hydrogen-bond acceptors (Lipinski definition) is 5. The number of carbonyl (C=O) groups excluding carboxylic acids is 1. The largest absolute Gasteiger partial charge is 0.325 e. The van der Waals surface area contributed by atoms with Crippen LogP contribution in [0.15, 0.2) is 57.2 Å². The van der Waals surface area contributed by atoms with Gasteiger partial charge in [0.25, 0.3) is 10.0 Å². The molecule has 0 heterocycles. The molecule has 24 heavy (non-hydrogen) atoms. The quantitative estimate of drug-likeness (QED) is 0.742. The van der Waals surface area contributed by atoms with E-state index in [1.807, 2.05) is 18.6 Å². The van der Waals surface area contributed by atoms with E-state index in [0.717, 1.165) is 9.79 Å². The molecule has 2 N–H and O–H groups in total. The number of amides is 1. The summed E-state index contributed by atoms with van der Waals surface area (Å²) in [5.41, 5.74) is 0.979. The minimum Gasteiger partial charge on any atom is -0.325 e. The van der Waals surface area contributed by atoms with Gasteiger partial charge in [-0.2, -0.15) is 0 Å². The molecule has 0 saturated heterocycles. The molecule has 0 aliphatic rings. The van der Waals surface area contributed by atoms with Gasteiger partial charge in [-0.15, -0.1) is 23.5 Å². The summed E-state index contributed by atoms with van der Waals surface area (Å²) in [4.78, 5) is 13.2. The van der Waals surface area contributed by atoms with Crippen LogP contribution in [0.5, 0.6) is 0 Å². The van der Waals surface area contributed by atoms with Gasteiger partial charge < -0.3 is 5.32 Å². The first-order chi connectivity index (χ1) is 11.4. The zero-order valence-electron chi connectivity index (χ0n) is 13.5. The minimum absolute atomic E-state index is 0.0959. The molecule has 5 nitrogen and oxygen atoms in total. The lowest BCUT2D eigenvalue weighted by atomic mass is 10.3. The van der Waals surface area contributed by atoms with Gasteiger partial charge in [0, 0.05) is 22.4 Å². The average molecular weight is 383 g/mol. The van der Waals surface area contributed by atoms with Crippen molar-refractivity contribution in [3.8, 4) is 0 Å². The number of nitrogens with one attached hydrogen (secondary N) is 2. The molecule has 128 valence electrons. The number of carbonyl (C=O) groups is 1. The van der Waals surface area contributed by atoms with E-state index < -0.39 is 10.0 Å². The monoisotopic (exact) mass is 382 g/mol. The van der Waals surface area contributed by atoms with Crippen molar-refractivity contribution in [3.05, 3.63) is 42.5 Å². The van der Waals surface area contributed by atoms with Gasteiger partial charge in [-0.3, -0.25) is 9.52 Å². The number of anilines is 2. The van der Waals surface area contributed by atoms with Gasteiger partial charge >= 0.3 is 0 Å². The van der Waals surface area contributed by atoms with Crippen molar-refractivity contribution in [2.24, 2.45) is 0 Å². The number of thioether (sulfide) groups is 2. The molecule has 0 saturated carbocycles. The Morgan fingerprint density at radius 1 is 1.04 bits per heavy atom. The Hall–Kier alpha value is -1.64. The van der Waals surface area contributed by atoms with Gasteiger partial charge in [0.15, 0.2) is 0 Å². The van der Waals surface area contributed by atoms with Crippen LogP contribution in [-0.2, 0) is 14.8 Å². The Labute approximate surface area is 150 Å². The second kappa shape index (κ2) is 7.96. The third-order valence-corrected chi connectivity index (χ3v) is 6.01. The Morgan fingerprint density at radius 3 is 2.42 bits per heavy atom. The topological polar surface area (TPSA) is 75.3 Å². The summed E-state index contributed by atoms with van der Waals surface area (Å²) in [6.45, 7) is 1.39. The normalized spacial score (nSPS) is 11.1. The standard InChI is InChI=1S/C16H18N2O3S3/c1-11(19)17-15-10-14(7-8-16(15)23-3)24(20,21)18-12-5-4-6-13(9-12)22-2/h4-10,18H,1-3H3,(H,17,19). The summed E-state index contributed by atoms with van der Waals surface area (Å²) < 4.78 is 27.8. The summed E-state index contributed by atoms with van der Waals surface area (Å²) in [5, 5.41) is 2.66. The van der Waals surface area contributed by atoms with Crippen LogP contribution in [0.2, 0.25) is 0 Å². The number of rotatable bonds is 6. The van der Waals surface area contributed by atoms with Crippen molar-refractivity contribution in [1.29, 1.82) is 0 Å². The lowest BCUT2D eigenvalue weighted by Crippen LogP contribution is -2.14. The maximum atomic E-state index is 12.6. The highest BCUT2D eigenvalue weighted by Gasteiger charge is 2.17. The maximum absolute atomic E-state index is 12.6. The molecule has 2 aromatic carbocycles. The van der Waals surface area contributed by atoms with Crippen LogP contribution in [0.25, 0.3) is 0 Å². The number of benzene rings is 2. The molecule has 0 atom stereocenters. The summed E-state index contributed by atoms with van der Waals surface area (Å²) in [5.74, 6) is -0.250. The van der Waals surface area contributed by atoms with Crippen LogP contribution in [0, 0.1) is 0 Å². The van der Waals surface area contributed by atoms with Crippen LogP contribution >= 0.6 is 23.5 Å². The molecule has 0 aliphatic carbocycles. The Morgan fingerprint density at radius 2 is 1.79 bits per heavy atom. The van der Waals surface area contributed by atoms with E-state index in [1.54, 1.807) is 24.3 Å². The van der Waals surface area contributed by atoms with Crippen molar-refractivity contribution in [1.82, 2.24) is 0 Å². The van der Waals surface area contributed by atoms with Crippen molar-refractivity contribution < 1.29 is 13.2 Å². The molecule has 0 bridgehead atoms. The van der Waals surface area contributed by atoms with Gasteiger partial charge in [-0.1, -0.05) is 6.07 Å². The predicted octanol–water partition coefficient (Wildman–Crippen LogP) is 3.89. The van der Waals surface area contributed by atoms with Crippen molar-refractivity contribution in [2.75, 3.05) is 22.6 Å². The molecule has 2 rings (SSSR count). The highest BCUT2D eigenvalue weighted by molar-refractivity contribution is 7.99. The third kappa shape index (κ3) is 4.68. The fourth-order valence-corrected chi connectivity index (χ4v) is 4.11. The highest BCUT2D eigenvalue weighted by atomic mass is 32.2. The fourth-order valence-electron chi connectivity index (χ4n) is 2.04. The Bertz CT molecular complexity index is 851. The van der Waals surface area contributed by atoms with Gasteiger partial charge in [0.2, 0.25) is 5.91 Å². The SMILES string of the molecule is CSc1cccc(NS(=O)(=O)c2ccc(SC)c(NC(C)=O)c2)c1. The van der Waals surface area contributed by atoms with Crippen molar-refractivity contribution in [2.45, 2.75) is 21.6 Å². The molecule has 0 aliphatic heterocycles. The van der Waals surface area contributed by atoms with E-state index in [0.29, 0.717) is 11.4 Å². The smallest absolute Gasteiger partial charge is 0.261 e. The van der Waals surface area contributed by atoms with Crippen LogP contribution < -0.4 is 10.0 Å². The molecule has 0 aromatic heterocycles.